The molecule has 3 aliphatic carbocycles. The zero-order chi connectivity index (χ0) is 38.3. The summed E-state index contributed by atoms with van der Waals surface area (Å²) in [4.78, 5) is 63.6. The maximum Gasteiger partial charge on any atom is 0.407 e. The summed E-state index contributed by atoms with van der Waals surface area (Å²) in [5, 5.41) is 18.7. The van der Waals surface area contributed by atoms with Crippen LogP contribution in [0.3, 0.4) is 0 Å². The molecule has 2 aliphatic heterocycles. The molecule has 7 atom stereocenters. The number of anilines is 1. The molecule has 4 N–H and O–H groups in total. The predicted molar refractivity (Wildman–Crippen MR) is 190 cm³/mol. The maximum atomic E-state index is 14.5. The van der Waals surface area contributed by atoms with Crippen molar-refractivity contribution in [2.75, 3.05) is 25.1 Å². The second-order valence-corrected chi connectivity index (χ2v) is 15.7. The normalized spacial score (nSPS) is 29.4. The highest BCUT2D eigenvalue weighted by atomic mass is 35.5. The van der Waals surface area contributed by atoms with E-state index in [-0.39, 0.29) is 41.6 Å². The summed E-state index contributed by atoms with van der Waals surface area (Å²) in [5.41, 5.74) is 1.13. The number of aliphatic carboxylic acids is 1. The number of carboxylic acid groups (broad SMARTS) is 1. The molecule has 2 unspecified atom stereocenters. The first kappa shape index (κ1) is 37.5. The number of alkyl carbamates (subject to hydrolysis) is 1. The van der Waals surface area contributed by atoms with Crippen LogP contribution in [-0.2, 0) is 28.8 Å². The number of nitrogens with one attached hydrogen (secondary N) is 3. The van der Waals surface area contributed by atoms with Gasteiger partial charge in [-0.25, -0.2) is 19.2 Å². The van der Waals surface area contributed by atoms with E-state index in [1.165, 1.54) is 24.7 Å². The largest absolute Gasteiger partial charge is 0.481 e. The minimum Gasteiger partial charge on any atom is -0.481 e. The summed E-state index contributed by atoms with van der Waals surface area (Å²) in [6, 6.07) is 3.12. The lowest BCUT2D eigenvalue weighted by Crippen LogP contribution is -2.47. The van der Waals surface area contributed by atoms with Crippen LogP contribution in [0.4, 0.5) is 15.1 Å². The Balaban J connectivity index is 0.909. The number of amides is 2. The van der Waals surface area contributed by atoms with Crippen molar-refractivity contribution in [1.29, 1.82) is 0 Å². The van der Waals surface area contributed by atoms with Crippen LogP contribution in [0.1, 0.15) is 85.4 Å². The van der Waals surface area contributed by atoms with Gasteiger partial charge in [0.2, 0.25) is 17.5 Å². The molecule has 18 heteroatoms. The van der Waals surface area contributed by atoms with E-state index < -0.39 is 53.4 Å². The number of carboxylic acids is 1. The minimum atomic E-state index is -1.16. The van der Waals surface area contributed by atoms with Gasteiger partial charge in [-0.15, -0.1) is 0 Å². The Morgan fingerprint density at radius 3 is 2.75 bits per heavy atom. The fourth-order valence-corrected chi connectivity index (χ4v) is 8.96. The molecule has 3 saturated carbocycles. The Labute approximate surface area is 320 Å². The number of hydrogen-bond donors (Lipinski definition) is 4. The summed E-state index contributed by atoms with van der Waals surface area (Å²) in [5.74, 6) is -4.06. The number of halogens is 2. The number of ether oxygens (including phenoxy) is 3. The molecule has 2 bridgehead atoms. The number of imidazole rings is 1. The monoisotopic (exact) mass is 783 g/mol. The molecule has 4 heterocycles. The van der Waals surface area contributed by atoms with Crippen LogP contribution in [0, 0.1) is 30.5 Å². The van der Waals surface area contributed by atoms with Gasteiger partial charge in [-0.05, 0) is 75.1 Å². The highest BCUT2D eigenvalue weighted by molar-refractivity contribution is 6.30. The number of aryl methyl sites for hydroxylation is 1. The third kappa shape index (κ3) is 7.98. The molecule has 55 heavy (non-hydrogen) atoms. The fourth-order valence-electron chi connectivity index (χ4n) is 8.73. The molecule has 3 aromatic rings. The smallest absolute Gasteiger partial charge is 0.407 e. The molecule has 8 rings (SSSR count). The van der Waals surface area contributed by atoms with Crippen molar-refractivity contribution in [2.24, 2.45) is 17.8 Å². The van der Waals surface area contributed by atoms with E-state index in [0.717, 1.165) is 24.5 Å². The van der Waals surface area contributed by atoms with Crippen molar-refractivity contribution in [3.8, 4) is 5.82 Å². The number of nitrogens with zero attached hydrogens (tertiary/aromatic N) is 4. The van der Waals surface area contributed by atoms with Gasteiger partial charge in [-0.3, -0.25) is 14.2 Å². The SMILES string of the molecule is Cc1cnc(NC2CCOCC2)nc1-n1cnc(C(=O)N[C@H](CNC(=O)OC2CCCC3(C2)OO[C@]2(C[C@H]4C[C@@H]2[C@H](C(=O)O)C4)O3)c2cc(F)cc(Cl)c2)c1. The first-order valence-electron chi connectivity index (χ1n) is 18.7. The fraction of sp³-hybridized carbons (Fsp3) is 0.568. The van der Waals surface area contributed by atoms with Gasteiger partial charge < -0.3 is 35.3 Å². The van der Waals surface area contributed by atoms with Gasteiger partial charge in [0, 0.05) is 74.0 Å². The standard InChI is InChI=1S/C37H43ClFN7O9/c1-20-16-40-34(43-25-4-7-51-8-5-25)45-31(20)46-18-30(42-19-46)32(47)44-29(22-11-23(38)13-24(39)12-22)17-41-35(50)52-26-3-2-6-36(15-26)53-37(55-54-36)14-21-9-27(33(48)49)28(37)10-21/h11-13,16,18-19,21,25-29H,2-10,14-15,17H2,1H3,(H,41,50)(H,44,47)(H,48,49)(H,40,43,45)/t21-,26?,27-,28-,29-,36?,37+/m1/s1. The van der Waals surface area contributed by atoms with Crippen molar-refractivity contribution in [3.05, 3.63) is 64.6 Å². The van der Waals surface area contributed by atoms with Gasteiger partial charge in [0.1, 0.15) is 29.8 Å². The van der Waals surface area contributed by atoms with E-state index in [1.807, 2.05) is 6.92 Å². The molecule has 2 amide bonds. The average molecular weight is 784 g/mol. The van der Waals surface area contributed by atoms with Crippen molar-refractivity contribution in [1.82, 2.24) is 30.2 Å². The Morgan fingerprint density at radius 2 is 1.96 bits per heavy atom. The summed E-state index contributed by atoms with van der Waals surface area (Å²) in [7, 11) is 0. The number of carbonyl (C=O) groups excluding carboxylic acids is 2. The Kier molecular flexibility index (Phi) is 10.4. The molecule has 2 saturated heterocycles. The van der Waals surface area contributed by atoms with Gasteiger partial charge in [0.05, 0.1) is 12.0 Å². The van der Waals surface area contributed by atoms with Crippen LogP contribution in [-0.4, -0.2) is 86.1 Å². The number of aromatic nitrogens is 4. The average Bonchev–Trinajstić information content (AvgIpc) is 3.95. The molecule has 2 spiro atoms. The van der Waals surface area contributed by atoms with E-state index in [0.29, 0.717) is 69.1 Å². The number of carbonyl (C=O) groups is 3. The van der Waals surface area contributed by atoms with Crippen molar-refractivity contribution in [2.45, 2.75) is 94.5 Å². The zero-order valence-electron chi connectivity index (χ0n) is 30.2. The lowest BCUT2D eigenvalue weighted by molar-refractivity contribution is -0.365. The molecule has 16 nitrogen and oxygen atoms in total. The third-order valence-corrected chi connectivity index (χ3v) is 11.5. The van der Waals surface area contributed by atoms with Crippen LogP contribution in [0.5, 0.6) is 0 Å². The van der Waals surface area contributed by atoms with E-state index >= 15 is 0 Å². The van der Waals surface area contributed by atoms with Gasteiger partial charge in [0.15, 0.2) is 0 Å². The highest BCUT2D eigenvalue weighted by Crippen LogP contribution is 2.61. The molecule has 5 fully saturated rings. The van der Waals surface area contributed by atoms with Crippen LogP contribution < -0.4 is 16.0 Å². The number of rotatable bonds is 10. The van der Waals surface area contributed by atoms with E-state index in [2.05, 4.69) is 30.9 Å². The molecule has 1 aromatic carbocycles. The van der Waals surface area contributed by atoms with Crippen molar-refractivity contribution < 1.29 is 47.9 Å². The highest BCUT2D eigenvalue weighted by Gasteiger charge is 2.67. The molecule has 5 aliphatic rings. The topological polar surface area (TPSA) is 197 Å². The molecular weight excluding hydrogens is 741 g/mol. The lowest BCUT2D eigenvalue weighted by atomic mass is 9.83. The third-order valence-electron chi connectivity index (χ3n) is 11.3. The summed E-state index contributed by atoms with van der Waals surface area (Å²) in [6.45, 7) is 3.01. The number of fused-ring (bicyclic) bond motifs is 3. The quantitative estimate of drug-likeness (QED) is 0.201. The van der Waals surface area contributed by atoms with E-state index in [9.17, 15) is 23.9 Å². The first-order valence-corrected chi connectivity index (χ1v) is 19.1. The van der Waals surface area contributed by atoms with Gasteiger partial charge in [0.25, 0.3) is 5.91 Å². The summed E-state index contributed by atoms with van der Waals surface area (Å²) in [6.07, 6.45) is 8.71. The predicted octanol–water partition coefficient (Wildman–Crippen LogP) is 5.00. The Hall–Kier alpha value is -4.42. The second kappa shape index (κ2) is 15.3. The maximum absolute atomic E-state index is 14.5. The molecule has 0 radical (unpaired) electrons. The van der Waals surface area contributed by atoms with Gasteiger partial charge in [-0.2, -0.15) is 14.8 Å². The Bertz CT molecular complexity index is 1930. The van der Waals surface area contributed by atoms with Crippen LogP contribution in [0.15, 0.2) is 36.9 Å². The van der Waals surface area contributed by atoms with Crippen LogP contribution in [0.25, 0.3) is 5.82 Å². The van der Waals surface area contributed by atoms with Crippen molar-refractivity contribution in [3.63, 3.8) is 0 Å². The van der Waals surface area contributed by atoms with Crippen LogP contribution >= 0.6 is 11.6 Å². The molecular formula is C37H43ClFN7O9. The summed E-state index contributed by atoms with van der Waals surface area (Å²) >= 11 is 6.18. The lowest BCUT2D eigenvalue weighted by Gasteiger charge is -2.37. The second-order valence-electron chi connectivity index (χ2n) is 15.2. The van der Waals surface area contributed by atoms with Crippen LogP contribution in [0.2, 0.25) is 5.02 Å². The van der Waals surface area contributed by atoms with Crippen molar-refractivity contribution >= 4 is 35.5 Å². The van der Waals surface area contributed by atoms with E-state index in [4.69, 9.17) is 35.6 Å². The van der Waals surface area contributed by atoms with E-state index in [1.54, 1.807) is 10.8 Å². The number of hydrogen-bond acceptors (Lipinski definition) is 12. The summed E-state index contributed by atoms with van der Waals surface area (Å²) < 4.78 is 33.8. The molecule has 294 valence electrons. The van der Waals surface area contributed by atoms with Gasteiger partial charge in [-0.1, -0.05) is 11.6 Å². The number of benzene rings is 1. The zero-order valence-corrected chi connectivity index (χ0v) is 30.9. The first-order chi connectivity index (χ1) is 26.5. The Morgan fingerprint density at radius 1 is 1.13 bits per heavy atom. The van der Waals surface area contributed by atoms with Gasteiger partial charge >= 0.3 is 12.1 Å². The molecule has 2 aromatic heterocycles. The minimum absolute atomic E-state index is 0.0567.